The standard InChI is InChI=1S/C9H6BrNO3S/c1-13-8(12)6-7(15-9(10)11-6)5-2-3-14-4-5/h2-4H,1H3. The predicted octanol–water partition coefficient (Wildman–Crippen LogP) is 2.95. The quantitative estimate of drug-likeness (QED) is 0.797. The molecular formula is C9H6BrNO3S. The number of carbonyl (C=O) groups is 1. The Hall–Kier alpha value is -1.14. The minimum Gasteiger partial charge on any atom is -0.472 e. The average molecular weight is 288 g/mol. The first-order chi connectivity index (χ1) is 7.22. The summed E-state index contributed by atoms with van der Waals surface area (Å²) in [5, 5.41) is 0. The van der Waals surface area contributed by atoms with E-state index in [4.69, 9.17) is 4.42 Å². The van der Waals surface area contributed by atoms with Crippen LogP contribution in [0.4, 0.5) is 0 Å². The summed E-state index contributed by atoms with van der Waals surface area (Å²) >= 11 is 4.60. The van der Waals surface area contributed by atoms with Gasteiger partial charge in [-0.3, -0.25) is 0 Å². The zero-order valence-corrected chi connectivity index (χ0v) is 10.1. The maximum atomic E-state index is 11.4. The van der Waals surface area contributed by atoms with E-state index in [0.717, 1.165) is 10.4 Å². The van der Waals surface area contributed by atoms with Crippen LogP contribution in [0, 0.1) is 0 Å². The molecule has 0 fully saturated rings. The topological polar surface area (TPSA) is 52.3 Å². The molecule has 0 aliphatic carbocycles. The minimum atomic E-state index is -0.451. The van der Waals surface area contributed by atoms with Crippen molar-refractivity contribution in [2.45, 2.75) is 0 Å². The average Bonchev–Trinajstić information content (AvgIpc) is 2.84. The van der Waals surface area contributed by atoms with E-state index in [-0.39, 0.29) is 0 Å². The molecule has 2 heterocycles. The Balaban J connectivity index is 2.52. The van der Waals surface area contributed by atoms with Crippen LogP contribution in [0.2, 0.25) is 0 Å². The maximum Gasteiger partial charge on any atom is 0.358 e. The number of furan rings is 1. The van der Waals surface area contributed by atoms with Crippen molar-refractivity contribution in [3.8, 4) is 10.4 Å². The molecule has 0 unspecified atom stereocenters. The summed E-state index contributed by atoms with van der Waals surface area (Å²) in [6.45, 7) is 0. The van der Waals surface area contributed by atoms with Crippen molar-refractivity contribution in [1.82, 2.24) is 4.98 Å². The summed E-state index contributed by atoms with van der Waals surface area (Å²) in [6, 6.07) is 1.77. The molecule has 0 spiro atoms. The van der Waals surface area contributed by atoms with Gasteiger partial charge in [0.1, 0.15) is 0 Å². The highest BCUT2D eigenvalue weighted by Gasteiger charge is 2.19. The number of ether oxygens (including phenoxy) is 1. The molecule has 0 radical (unpaired) electrons. The summed E-state index contributed by atoms with van der Waals surface area (Å²) in [5.41, 5.74) is 1.12. The largest absolute Gasteiger partial charge is 0.472 e. The van der Waals surface area contributed by atoms with Gasteiger partial charge in [0.25, 0.3) is 0 Å². The Kier molecular flexibility index (Phi) is 2.88. The van der Waals surface area contributed by atoms with Crippen LogP contribution >= 0.6 is 27.3 Å². The Morgan fingerprint density at radius 1 is 1.67 bits per heavy atom. The number of thiazole rings is 1. The van der Waals surface area contributed by atoms with Gasteiger partial charge < -0.3 is 9.15 Å². The first-order valence-electron chi connectivity index (χ1n) is 3.99. The second kappa shape index (κ2) is 4.16. The van der Waals surface area contributed by atoms with Gasteiger partial charge in [-0.15, -0.1) is 11.3 Å². The van der Waals surface area contributed by atoms with Crippen LogP contribution < -0.4 is 0 Å². The van der Waals surface area contributed by atoms with E-state index < -0.39 is 5.97 Å². The Morgan fingerprint density at radius 3 is 3.07 bits per heavy atom. The van der Waals surface area contributed by atoms with E-state index >= 15 is 0 Å². The molecule has 0 aliphatic rings. The molecule has 0 atom stereocenters. The Morgan fingerprint density at radius 2 is 2.47 bits per heavy atom. The number of esters is 1. The third-order valence-corrected chi connectivity index (χ3v) is 3.32. The van der Waals surface area contributed by atoms with Gasteiger partial charge in [-0.1, -0.05) is 0 Å². The minimum absolute atomic E-state index is 0.302. The Labute approximate surface area is 98.0 Å². The van der Waals surface area contributed by atoms with Crippen molar-refractivity contribution in [2.75, 3.05) is 7.11 Å². The van der Waals surface area contributed by atoms with Crippen molar-refractivity contribution >= 4 is 33.2 Å². The fourth-order valence-corrected chi connectivity index (χ4v) is 2.55. The summed E-state index contributed by atoms with van der Waals surface area (Å²) < 4.78 is 10.2. The highest BCUT2D eigenvalue weighted by atomic mass is 79.9. The van der Waals surface area contributed by atoms with Gasteiger partial charge in [-0.2, -0.15) is 0 Å². The molecular weight excluding hydrogens is 282 g/mol. The van der Waals surface area contributed by atoms with Gasteiger partial charge in [0.2, 0.25) is 0 Å². The van der Waals surface area contributed by atoms with Crippen molar-refractivity contribution in [3.63, 3.8) is 0 Å². The van der Waals surface area contributed by atoms with Gasteiger partial charge in [0, 0.05) is 5.56 Å². The van der Waals surface area contributed by atoms with Crippen LogP contribution in [0.5, 0.6) is 0 Å². The zero-order valence-electron chi connectivity index (χ0n) is 7.69. The molecule has 0 saturated carbocycles. The molecule has 0 N–H and O–H groups in total. The van der Waals surface area contributed by atoms with Gasteiger partial charge in [-0.05, 0) is 22.0 Å². The van der Waals surface area contributed by atoms with Crippen LogP contribution in [0.3, 0.4) is 0 Å². The van der Waals surface area contributed by atoms with Crippen molar-refractivity contribution < 1.29 is 13.9 Å². The number of nitrogens with zero attached hydrogens (tertiary/aromatic N) is 1. The molecule has 78 valence electrons. The zero-order chi connectivity index (χ0) is 10.8. The lowest BCUT2D eigenvalue weighted by Crippen LogP contribution is -2.02. The van der Waals surface area contributed by atoms with Crippen molar-refractivity contribution in [1.29, 1.82) is 0 Å². The highest BCUT2D eigenvalue weighted by Crippen LogP contribution is 2.33. The van der Waals surface area contributed by atoms with E-state index in [1.807, 2.05) is 0 Å². The third-order valence-electron chi connectivity index (χ3n) is 1.76. The van der Waals surface area contributed by atoms with Crippen molar-refractivity contribution in [3.05, 3.63) is 28.2 Å². The lowest BCUT2D eigenvalue weighted by molar-refractivity contribution is 0.0595. The van der Waals surface area contributed by atoms with Crippen molar-refractivity contribution in [2.24, 2.45) is 0 Å². The SMILES string of the molecule is COC(=O)c1nc(Br)sc1-c1ccoc1. The van der Waals surface area contributed by atoms with Crippen LogP contribution in [0.25, 0.3) is 10.4 Å². The summed E-state index contributed by atoms with van der Waals surface area (Å²) in [4.78, 5) is 16.2. The van der Waals surface area contributed by atoms with Gasteiger partial charge in [0.15, 0.2) is 9.61 Å². The lowest BCUT2D eigenvalue weighted by Gasteiger charge is -1.96. The first-order valence-corrected chi connectivity index (χ1v) is 5.60. The molecule has 6 heteroatoms. The number of rotatable bonds is 2. The van der Waals surface area contributed by atoms with Crippen LogP contribution in [-0.4, -0.2) is 18.1 Å². The molecule has 0 aromatic carbocycles. The number of carbonyl (C=O) groups excluding carboxylic acids is 1. The van der Waals surface area contributed by atoms with Gasteiger partial charge >= 0.3 is 5.97 Å². The maximum absolute atomic E-state index is 11.4. The van der Waals surface area contributed by atoms with E-state index in [2.05, 4.69) is 25.7 Å². The summed E-state index contributed by atoms with van der Waals surface area (Å²) in [7, 11) is 1.33. The van der Waals surface area contributed by atoms with Gasteiger partial charge in [-0.25, -0.2) is 9.78 Å². The summed E-state index contributed by atoms with van der Waals surface area (Å²) in [6.07, 6.45) is 3.11. The molecule has 0 saturated heterocycles. The molecule has 2 rings (SSSR count). The lowest BCUT2D eigenvalue weighted by atomic mass is 10.2. The first kappa shape index (κ1) is 10.4. The summed E-state index contributed by atoms with van der Waals surface area (Å²) in [5.74, 6) is -0.451. The fourth-order valence-electron chi connectivity index (χ4n) is 1.12. The molecule has 2 aromatic heterocycles. The highest BCUT2D eigenvalue weighted by molar-refractivity contribution is 9.11. The third kappa shape index (κ3) is 1.95. The van der Waals surface area contributed by atoms with E-state index in [1.54, 1.807) is 18.6 Å². The van der Waals surface area contributed by atoms with E-state index in [1.165, 1.54) is 18.4 Å². The molecule has 0 bridgehead atoms. The molecule has 4 nitrogen and oxygen atoms in total. The number of halogens is 1. The molecule has 0 aliphatic heterocycles. The van der Waals surface area contributed by atoms with E-state index in [0.29, 0.717) is 9.61 Å². The monoisotopic (exact) mass is 287 g/mol. The normalized spacial score (nSPS) is 10.3. The van der Waals surface area contributed by atoms with Crippen LogP contribution in [0.15, 0.2) is 26.9 Å². The smallest absolute Gasteiger partial charge is 0.358 e. The second-order valence-electron chi connectivity index (χ2n) is 2.65. The van der Waals surface area contributed by atoms with Crippen LogP contribution in [0.1, 0.15) is 10.5 Å². The Bertz CT molecular complexity index is 478. The second-order valence-corrected chi connectivity index (χ2v) is 4.92. The van der Waals surface area contributed by atoms with Crippen LogP contribution in [-0.2, 0) is 4.74 Å². The number of hydrogen-bond donors (Lipinski definition) is 0. The number of methoxy groups -OCH3 is 1. The molecule has 2 aromatic rings. The predicted molar refractivity (Wildman–Crippen MR) is 58.9 cm³/mol. The number of aromatic nitrogens is 1. The fraction of sp³-hybridized carbons (Fsp3) is 0.111. The van der Waals surface area contributed by atoms with Gasteiger partial charge in [0.05, 0.1) is 24.5 Å². The van der Waals surface area contributed by atoms with E-state index in [9.17, 15) is 4.79 Å². The number of hydrogen-bond acceptors (Lipinski definition) is 5. The molecule has 15 heavy (non-hydrogen) atoms. The molecule has 0 amide bonds.